The van der Waals surface area contributed by atoms with E-state index in [9.17, 15) is 9.90 Å². The van der Waals surface area contributed by atoms with E-state index >= 15 is 0 Å². The lowest BCUT2D eigenvalue weighted by atomic mass is 9.87. The highest BCUT2D eigenvalue weighted by molar-refractivity contribution is 6.02. The second-order valence-corrected chi connectivity index (χ2v) is 8.46. The van der Waals surface area contributed by atoms with Crippen molar-refractivity contribution in [2.24, 2.45) is 4.99 Å². The second kappa shape index (κ2) is 8.02. The normalized spacial score (nSPS) is 21.4. The molecule has 0 aromatic heterocycles. The summed E-state index contributed by atoms with van der Waals surface area (Å²) in [5.41, 5.74) is 2.16. The third-order valence-corrected chi connectivity index (χ3v) is 6.56. The third-order valence-electron chi connectivity index (χ3n) is 6.56. The van der Waals surface area contributed by atoms with Crippen LogP contribution in [-0.4, -0.2) is 54.3 Å². The Morgan fingerprint density at radius 3 is 2.75 bits per heavy atom. The van der Waals surface area contributed by atoms with Crippen LogP contribution in [0.5, 0.6) is 23.0 Å². The highest BCUT2D eigenvalue weighted by Gasteiger charge is 2.41. The number of nitrogens with zero attached hydrogens (tertiary/aromatic N) is 2. The van der Waals surface area contributed by atoms with Crippen molar-refractivity contribution in [2.45, 2.75) is 37.9 Å². The number of benzene rings is 2. The number of methoxy groups -OCH3 is 1. The number of nitrogens with one attached hydrogen (secondary N) is 1. The summed E-state index contributed by atoms with van der Waals surface area (Å²) < 4.78 is 16.4. The molecule has 1 spiro atoms. The molecular weight excluding hydrogens is 410 g/mol. The van der Waals surface area contributed by atoms with Gasteiger partial charge >= 0.3 is 0 Å². The molecule has 3 aliphatic heterocycles. The summed E-state index contributed by atoms with van der Waals surface area (Å²) in [6.07, 6.45) is 1.99. The monoisotopic (exact) mass is 437 g/mol. The van der Waals surface area contributed by atoms with E-state index in [4.69, 9.17) is 19.2 Å². The third kappa shape index (κ3) is 3.64. The maximum Gasteiger partial charge on any atom is 0.231 e. The van der Waals surface area contributed by atoms with Crippen LogP contribution in [0.2, 0.25) is 0 Å². The number of aliphatic imine (C=N–C) groups is 1. The van der Waals surface area contributed by atoms with Gasteiger partial charge in [0.05, 0.1) is 7.11 Å². The predicted molar refractivity (Wildman–Crippen MR) is 118 cm³/mol. The SMILES string of the molecule is COc1cccc([C@@H]2CC(c3ccc4c(c3)OCO4)=NC3(CCN(C(C)=O)CC3)N2)c1O. The first-order valence-corrected chi connectivity index (χ1v) is 10.9. The largest absolute Gasteiger partial charge is 0.504 e. The zero-order valence-electron chi connectivity index (χ0n) is 18.3. The van der Waals surface area contributed by atoms with Crippen molar-refractivity contribution in [3.8, 4) is 23.0 Å². The highest BCUT2D eigenvalue weighted by atomic mass is 16.7. The van der Waals surface area contributed by atoms with Gasteiger partial charge < -0.3 is 24.2 Å². The van der Waals surface area contributed by atoms with Crippen LogP contribution < -0.4 is 19.5 Å². The van der Waals surface area contributed by atoms with E-state index in [0.29, 0.717) is 43.9 Å². The second-order valence-electron chi connectivity index (χ2n) is 8.46. The van der Waals surface area contributed by atoms with Gasteiger partial charge in [0.25, 0.3) is 0 Å². The van der Waals surface area contributed by atoms with Gasteiger partial charge in [0, 0.05) is 56.6 Å². The number of piperidine rings is 1. The number of phenols is 1. The van der Waals surface area contributed by atoms with E-state index < -0.39 is 5.66 Å². The van der Waals surface area contributed by atoms with Crippen LogP contribution >= 0.6 is 0 Å². The van der Waals surface area contributed by atoms with Crippen LogP contribution in [0.25, 0.3) is 0 Å². The molecule has 32 heavy (non-hydrogen) atoms. The number of rotatable bonds is 3. The number of aromatic hydroxyl groups is 1. The minimum atomic E-state index is -0.518. The van der Waals surface area contributed by atoms with E-state index in [-0.39, 0.29) is 24.5 Å². The average Bonchev–Trinajstić information content (AvgIpc) is 3.27. The van der Waals surface area contributed by atoms with E-state index in [1.165, 1.54) is 0 Å². The van der Waals surface area contributed by atoms with Crippen LogP contribution in [0.4, 0.5) is 0 Å². The Kier molecular flexibility index (Phi) is 5.17. The van der Waals surface area contributed by atoms with Crippen molar-refractivity contribution < 1.29 is 24.1 Å². The zero-order chi connectivity index (χ0) is 22.3. The van der Waals surface area contributed by atoms with Gasteiger partial charge in [-0.3, -0.25) is 15.1 Å². The number of carbonyl (C=O) groups is 1. The van der Waals surface area contributed by atoms with Gasteiger partial charge in [0.15, 0.2) is 23.0 Å². The first-order chi connectivity index (χ1) is 15.5. The van der Waals surface area contributed by atoms with Crippen molar-refractivity contribution in [1.82, 2.24) is 10.2 Å². The van der Waals surface area contributed by atoms with Crippen molar-refractivity contribution >= 4 is 11.6 Å². The lowest BCUT2D eigenvalue weighted by Crippen LogP contribution is -2.56. The molecule has 1 saturated heterocycles. The van der Waals surface area contributed by atoms with Crippen molar-refractivity contribution in [1.29, 1.82) is 0 Å². The minimum absolute atomic E-state index is 0.0811. The number of hydrogen-bond acceptors (Lipinski definition) is 7. The minimum Gasteiger partial charge on any atom is -0.504 e. The Hall–Kier alpha value is -3.26. The standard InChI is InChI=1S/C24H27N3O5/c1-15(28)27-10-8-24(9-11-27)25-18(16-6-7-20-22(12-16)32-14-31-20)13-19(26-24)17-4-3-5-21(30-2)23(17)29/h3-7,12,19,26,29H,8-11,13-14H2,1-2H3/t19-/m0/s1. The lowest BCUT2D eigenvalue weighted by Gasteiger charge is -2.45. The Morgan fingerprint density at radius 1 is 1.22 bits per heavy atom. The highest BCUT2D eigenvalue weighted by Crippen LogP contribution is 2.41. The summed E-state index contributed by atoms with van der Waals surface area (Å²) in [5.74, 6) is 2.10. The van der Waals surface area contributed by atoms with Gasteiger partial charge in [-0.15, -0.1) is 0 Å². The molecule has 0 bridgehead atoms. The fourth-order valence-corrected chi connectivity index (χ4v) is 4.78. The van der Waals surface area contributed by atoms with Crippen molar-refractivity contribution in [3.05, 3.63) is 47.5 Å². The number of likely N-dealkylation sites (tertiary alicyclic amines) is 1. The summed E-state index contributed by atoms with van der Waals surface area (Å²) in [6, 6.07) is 11.3. The van der Waals surface area contributed by atoms with Gasteiger partial charge in [-0.1, -0.05) is 12.1 Å². The molecule has 1 atom stereocenters. The van der Waals surface area contributed by atoms with Crippen LogP contribution in [0.1, 0.15) is 43.4 Å². The molecule has 0 saturated carbocycles. The Labute approximate surface area is 186 Å². The molecule has 1 fully saturated rings. The summed E-state index contributed by atoms with van der Waals surface area (Å²) in [7, 11) is 1.55. The number of carbonyl (C=O) groups excluding carboxylic acids is 1. The van der Waals surface area contributed by atoms with Crippen LogP contribution in [0.15, 0.2) is 41.4 Å². The number of ether oxygens (including phenoxy) is 3. The maximum atomic E-state index is 11.9. The molecule has 3 aliphatic rings. The van der Waals surface area contributed by atoms with Crippen molar-refractivity contribution in [2.75, 3.05) is 27.0 Å². The molecule has 3 heterocycles. The Bertz CT molecular complexity index is 1080. The summed E-state index contributed by atoms with van der Waals surface area (Å²) in [5, 5.41) is 14.5. The van der Waals surface area contributed by atoms with Crippen LogP contribution in [0.3, 0.4) is 0 Å². The molecular formula is C24H27N3O5. The van der Waals surface area contributed by atoms with Crippen LogP contribution in [-0.2, 0) is 4.79 Å². The predicted octanol–water partition coefficient (Wildman–Crippen LogP) is 2.99. The molecule has 0 aliphatic carbocycles. The fourth-order valence-electron chi connectivity index (χ4n) is 4.78. The molecule has 8 nitrogen and oxygen atoms in total. The number of fused-ring (bicyclic) bond motifs is 1. The van der Waals surface area contributed by atoms with E-state index in [1.807, 2.05) is 35.2 Å². The molecule has 0 unspecified atom stereocenters. The number of amides is 1. The summed E-state index contributed by atoms with van der Waals surface area (Å²) in [4.78, 5) is 18.9. The summed E-state index contributed by atoms with van der Waals surface area (Å²) in [6.45, 7) is 3.09. The Morgan fingerprint density at radius 2 is 2.00 bits per heavy atom. The molecule has 5 rings (SSSR count). The van der Waals surface area contributed by atoms with Gasteiger partial charge in [-0.2, -0.15) is 0 Å². The number of para-hydroxylation sites is 1. The molecule has 8 heteroatoms. The summed E-state index contributed by atoms with van der Waals surface area (Å²) >= 11 is 0. The van der Waals surface area contributed by atoms with Crippen LogP contribution in [0, 0.1) is 0 Å². The van der Waals surface area contributed by atoms with E-state index in [1.54, 1.807) is 20.1 Å². The number of hydrogen-bond donors (Lipinski definition) is 2. The maximum absolute atomic E-state index is 11.9. The lowest BCUT2D eigenvalue weighted by molar-refractivity contribution is -0.130. The number of phenolic OH excluding ortho intramolecular Hbond substituents is 1. The van der Waals surface area contributed by atoms with E-state index in [0.717, 1.165) is 22.6 Å². The molecule has 2 aromatic rings. The van der Waals surface area contributed by atoms with Gasteiger partial charge in [-0.25, -0.2) is 0 Å². The van der Waals surface area contributed by atoms with Gasteiger partial charge in [0.1, 0.15) is 5.66 Å². The van der Waals surface area contributed by atoms with Crippen molar-refractivity contribution in [3.63, 3.8) is 0 Å². The quantitative estimate of drug-likeness (QED) is 0.767. The Balaban J connectivity index is 1.53. The zero-order valence-corrected chi connectivity index (χ0v) is 18.3. The smallest absolute Gasteiger partial charge is 0.231 e. The average molecular weight is 437 g/mol. The topological polar surface area (TPSA) is 92.6 Å². The first-order valence-electron chi connectivity index (χ1n) is 10.9. The molecule has 2 N–H and O–H groups in total. The molecule has 1 amide bonds. The molecule has 0 radical (unpaired) electrons. The molecule has 168 valence electrons. The fraction of sp³-hybridized carbons (Fsp3) is 0.417. The molecule has 2 aromatic carbocycles. The first kappa shape index (κ1) is 20.6. The van der Waals surface area contributed by atoms with Gasteiger partial charge in [0.2, 0.25) is 12.7 Å². The van der Waals surface area contributed by atoms with Gasteiger partial charge in [-0.05, 0) is 29.8 Å². The van der Waals surface area contributed by atoms with E-state index in [2.05, 4.69) is 5.32 Å².